The van der Waals surface area contributed by atoms with E-state index in [1.54, 1.807) is 13.2 Å². The maximum atomic E-state index is 10.5. The third-order valence-corrected chi connectivity index (χ3v) is 4.66. The molecule has 0 bridgehead atoms. The molecule has 0 aliphatic rings. The number of phenols is 1. The highest BCUT2D eigenvalue weighted by atomic mass is 16.5. The molecule has 0 unspecified atom stereocenters. The fourth-order valence-electron chi connectivity index (χ4n) is 3.15. The summed E-state index contributed by atoms with van der Waals surface area (Å²) in [4.78, 5) is 14.0. The summed E-state index contributed by atoms with van der Waals surface area (Å²) in [5.41, 5.74) is 4.24. The Kier molecular flexibility index (Phi) is 4.96. The van der Waals surface area contributed by atoms with Crippen LogP contribution in [0, 0.1) is 13.8 Å². The van der Waals surface area contributed by atoms with Gasteiger partial charge in [-0.1, -0.05) is 42.5 Å². The molecule has 0 amide bonds. The Labute approximate surface area is 169 Å². The first-order valence-corrected chi connectivity index (χ1v) is 9.31. The molecule has 0 saturated carbocycles. The van der Waals surface area contributed by atoms with Gasteiger partial charge < -0.3 is 9.84 Å². The van der Waals surface area contributed by atoms with Crippen molar-refractivity contribution in [1.82, 2.24) is 15.0 Å². The summed E-state index contributed by atoms with van der Waals surface area (Å²) in [6.45, 7) is 3.93. The number of benzene rings is 3. The highest BCUT2D eigenvalue weighted by molar-refractivity contribution is 5.72. The van der Waals surface area contributed by atoms with E-state index in [-0.39, 0.29) is 5.75 Å². The summed E-state index contributed by atoms with van der Waals surface area (Å²) in [6.07, 6.45) is 0. The third-order valence-electron chi connectivity index (χ3n) is 4.66. The first-order valence-electron chi connectivity index (χ1n) is 9.31. The molecule has 1 N–H and O–H groups in total. The SMILES string of the molecule is COc1cc(C)ccc1-c1nc(-c2ccccc2)nc(-c2ccc(C)cc2O)n1. The van der Waals surface area contributed by atoms with Crippen LogP contribution in [0.4, 0.5) is 0 Å². The molecule has 144 valence electrons. The van der Waals surface area contributed by atoms with E-state index < -0.39 is 0 Å². The van der Waals surface area contributed by atoms with Gasteiger partial charge in [-0.25, -0.2) is 15.0 Å². The number of hydrogen-bond donors (Lipinski definition) is 1. The lowest BCUT2D eigenvalue weighted by molar-refractivity contribution is 0.416. The van der Waals surface area contributed by atoms with Crippen molar-refractivity contribution in [3.8, 4) is 45.7 Å². The molecule has 0 fully saturated rings. The zero-order chi connectivity index (χ0) is 20.4. The van der Waals surface area contributed by atoms with E-state index in [9.17, 15) is 5.11 Å². The van der Waals surface area contributed by atoms with Crippen LogP contribution in [0.1, 0.15) is 11.1 Å². The molecule has 0 aliphatic carbocycles. The van der Waals surface area contributed by atoms with Crippen molar-refractivity contribution in [3.05, 3.63) is 77.9 Å². The van der Waals surface area contributed by atoms with Gasteiger partial charge in [-0.15, -0.1) is 0 Å². The molecule has 0 saturated heterocycles. The standard InChI is InChI=1S/C24H21N3O2/c1-15-9-11-18(20(28)13-15)23-25-22(17-7-5-4-6-8-17)26-24(27-23)19-12-10-16(2)14-21(19)29-3/h4-14,28H,1-3H3. The summed E-state index contributed by atoms with van der Waals surface area (Å²) in [7, 11) is 1.63. The van der Waals surface area contributed by atoms with Crippen molar-refractivity contribution in [2.24, 2.45) is 0 Å². The van der Waals surface area contributed by atoms with Gasteiger partial charge in [-0.3, -0.25) is 0 Å². The molecule has 0 radical (unpaired) electrons. The maximum Gasteiger partial charge on any atom is 0.167 e. The van der Waals surface area contributed by atoms with Gasteiger partial charge in [0, 0.05) is 5.56 Å². The number of phenolic OH excluding ortho intramolecular Hbond substituents is 1. The molecular weight excluding hydrogens is 362 g/mol. The maximum absolute atomic E-state index is 10.5. The van der Waals surface area contributed by atoms with E-state index in [2.05, 4.69) is 9.97 Å². The number of methoxy groups -OCH3 is 1. The third kappa shape index (κ3) is 3.80. The number of hydrogen-bond acceptors (Lipinski definition) is 5. The summed E-state index contributed by atoms with van der Waals surface area (Å²) in [6, 6.07) is 21.1. The molecular formula is C24H21N3O2. The predicted molar refractivity (Wildman–Crippen MR) is 114 cm³/mol. The van der Waals surface area contributed by atoms with E-state index in [4.69, 9.17) is 9.72 Å². The van der Waals surface area contributed by atoms with E-state index >= 15 is 0 Å². The molecule has 5 nitrogen and oxygen atoms in total. The molecule has 5 heteroatoms. The molecule has 1 heterocycles. The highest BCUT2D eigenvalue weighted by Crippen LogP contribution is 2.33. The van der Waals surface area contributed by atoms with Crippen LogP contribution in [0.3, 0.4) is 0 Å². The molecule has 0 spiro atoms. The zero-order valence-corrected chi connectivity index (χ0v) is 16.5. The number of aryl methyl sites for hydroxylation is 2. The Morgan fingerprint density at radius 3 is 1.93 bits per heavy atom. The van der Waals surface area contributed by atoms with E-state index in [1.165, 1.54) is 0 Å². The van der Waals surface area contributed by atoms with Crippen molar-refractivity contribution in [3.63, 3.8) is 0 Å². The number of aromatic nitrogens is 3. The van der Waals surface area contributed by atoms with Gasteiger partial charge in [0.1, 0.15) is 11.5 Å². The molecule has 4 rings (SSSR count). The molecule has 1 aromatic heterocycles. The Hall–Kier alpha value is -3.73. The largest absolute Gasteiger partial charge is 0.507 e. The summed E-state index contributed by atoms with van der Waals surface area (Å²) < 4.78 is 5.56. The van der Waals surface area contributed by atoms with Gasteiger partial charge in [-0.05, 0) is 49.2 Å². The smallest absolute Gasteiger partial charge is 0.167 e. The molecule has 4 aromatic rings. The van der Waals surface area contributed by atoms with Crippen molar-refractivity contribution in [2.75, 3.05) is 7.11 Å². The second-order valence-corrected chi connectivity index (χ2v) is 6.90. The van der Waals surface area contributed by atoms with Gasteiger partial charge in [0.25, 0.3) is 0 Å². The minimum Gasteiger partial charge on any atom is -0.507 e. The number of nitrogens with zero attached hydrogens (tertiary/aromatic N) is 3. The summed E-state index contributed by atoms with van der Waals surface area (Å²) >= 11 is 0. The zero-order valence-electron chi connectivity index (χ0n) is 16.5. The van der Waals surface area contributed by atoms with Crippen LogP contribution >= 0.6 is 0 Å². The van der Waals surface area contributed by atoms with Crippen molar-refractivity contribution in [2.45, 2.75) is 13.8 Å². The van der Waals surface area contributed by atoms with E-state index in [1.807, 2.05) is 74.5 Å². The fraction of sp³-hybridized carbons (Fsp3) is 0.125. The predicted octanol–water partition coefficient (Wildman–Crippen LogP) is 5.20. The lowest BCUT2D eigenvalue weighted by atomic mass is 10.1. The normalized spacial score (nSPS) is 10.7. The van der Waals surface area contributed by atoms with E-state index in [0.29, 0.717) is 28.8 Å². The number of rotatable bonds is 4. The van der Waals surface area contributed by atoms with Crippen LogP contribution in [0.2, 0.25) is 0 Å². The van der Waals surface area contributed by atoms with Crippen LogP contribution in [0.15, 0.2) is 66.7 Å². The second kappa shape index (κ2) is 7.72. The summed E-state index contributed by atoms with van der Waals surface area (Å²) in [5.74, 6) is 2.26. The minimum absolute atomic E-state index is 0.136. The van der Waals surface area contributed by atoms with Crippen LogP contribution in [-0.4, -0.2) is 27.2 Å². The topological polar surface area (TPSA) is 68.1 Å². The first-order chi connectivity index (χ1) is 14.0. The lowest BCUT2D eigenvalue weighted by Crippen LogP contribution is -2.01. The highest BCUT2D eigenvalue weighted by Gasteiger charge is 2.17. The molecule has 3 aromatic carbocycles. The van der Waals surface area contributed by atoms with Gasteiger partial charge >= 0.3 is 0 Å². The average molecular weight is 383 g/mol. The van der Waals surface area contributed by atoms with Crippen molar-refractivity contribution < 1.29 is 9.84 Å². The quantitative estimate of drug-likeness (QED) is 0.524. The van der Waals surface area contributed by atoms with Crippen LogP contribution < -0.4 is 4.74 Å². The van der Waals surface area contributed by atoms with E-state index in [0.717, 1.165) is 22.3 Å². The van der Waals surface area contributed by atoms with Crippen LogP contribution in [-0.2, 0) is 0 Å². The van der Waals surface area contributed by atoms with Gasteiger partial charge in [0.2, 0.25) is 0 Å². The fourth-order valence-corrected chi connectivity index (χ4v) is 3.15. The Morgan fingerprint density at radius 1 is 0.690 bits per heavy atom. The first kappa shape index (κ1) is 18.6. The number of aromatic hydroxyl groups is 1. The van der Waals surface area contributed by atoms with Crippen LogP contribution in [0.5, 0.6) is 11.5 Å². The second-order valence-electron chi connectivity index (χ2n) is 6.90. The van der Waals surface area contributed by atoms with Crippen molar-refractivity contribution >= 4 is 0 Å². The Morgan fingerprint density at radius 2 is 1.28 bits per heavy atom. The summed E-state index contributed by atoms with van der Waals surface area (Å²) in [5, 5.41) is 10.5. The average Bonchev–Trinajstić information content (AvgIpc) is 2.74. The van der Waals surface area contributed by atoms with Gasteiger partial charge in [0.15, 0.2) is 17.5 Å². The number of ether oxygens (including phenoxy) is 1. The lowest BCUT2D eigenvalue weighted by Gasteiger charge is -2.12. The van der Waals surface area contributed by atoms with Gasteiger partial charge in [-0.2, -0.15) is 0 Å². The van der Waals surface area contributed by atoms with Gasteiger partial charge in [0.05, 0.1) is 18.2 Å². The Bertz CT molecular complexity index is 1170. The molecule has 29 heavy (non-hydrogen) atoms. The molecule has 0 aliphatic heterocycles. The van der Waals surface area contributed by atoms with Crippen molar-refractivity contribution in [1.29, 1.82) is 0 Å². The Balaban J connectivity index is 1.96. The molecule has 0 atom stereocenters. The monoisotopic (exact) mass is 383 g/mol. The van der Waals surface area contributed by atoms with Crippen LogP contribution in [0.25, 0.3) is 34.2 Å². The minimum atomic E-state index is 0.136.